The summed E-state index contributed by atoms with van der Waals surface area (Å²) in [5.41, 5.74) is 1.26. The minimum Gasteiger partial charge on any atom is -0.497 e. The third-order valence-electron chi connectivity index (χ3n) is 7.54. The van der Waals surface area contributed by atoms with Crippen molar-refractivity contribution in [3.8, 4) is 5.75 Å². The first-order valence-corrected chi connectivity index (χ1v) is 15.7. The first kappa shape index (κ1) is 39.0. The van der Waals surface area contributed by atoms with E-state index in [1.165, 1.54) is 12.0 Å². The maximum atomic E-state index is 12.6. The van der Waals surface area contributed by atoms with Gasteiger partial charge >= 0.3 is 0 Å². The lowest BCUT2D eigenvalue weighted by Gasteiger charge is -2.26. The van der Waals surface area contributed by atoms with Gasteiger partial charge in [0, 0.05) is 13.1 Å². The Kier molecular flexibility index (Phi) is 19.2. The molecule has 4 rings (SSSR count). The van der Waals surface area contributed by atoms with Crippen molar-refractivity contribution in [1.29, 1.82) is 0 Å². The van der Waals surface area contributed by atoms with E-state index in [1.54, 1.807) is 14.0 Å². The highest BCUT2D eigenvalue weighted by Crippen LogP contribution is 2.28. The molecule has 1 saturated carbocycles. The van der Waals surface area contributed by atoms with Crippen LogP contribution in [0.3, 0.4) is 0 Å². The monoisotopic (exact) mass is 620 g/mol. The molecule has 44 heavy (non-hydrogen) atoms. The topological polar surface area (TPSA) is 139 Å². The Morgan fingerprint density at radius 1 is 0.977 bits per heavy atom. The Labute approximate surface area is 264 Å². The van der Waals surface area contributed by atoms with Gasteiger partial charge in [-0.25, -0.2) is 0 Å². The van der Waals surface area contributed by atoms with Crippen LogP contribution >= 0.6 is 0 Å². The molecule has 250 valence electrons. The lowest BCUT2D eigenvalue weighted by atomic mass is 9.83. The maximum absolute atomic E-state index is 12.6. The van der Waals surface area contributed by atoms with Crippen LogP contribution in [0, 0.1) is 12.8 Å². The van der Waals surface area contributed by atoms with Gasteiger partial charge in [0.15, 0.2) is 5.78 Å². The smallest absolute Gasteiger partial charge is 0.242 e. The minimum atomic E-state index is -0.768. The van der Waals surface area contributed by atoms with E-state index in [9.17, 15) is 19.2 Å². The summed E-state index contributed by atoms with van der Waals surface area (Å²) in [6, 6.07) is 6.61. The Balaban J connectivity index is 0.000000685. The Morgan fingerprint density at radius 3 is 2.16 bits per heavy atom. The first-order valence-electron chi connectivity index (χ1n) is 15.7. The molecule has 11 heteroatoms. The van der Waals surface area contributed by atoms with Gasteiger partial charge in [-0.3, -0.25) is 24.1 Å². The van der Waals surface area contributed by atoms with E-state index >= 15 is 0 Å². The molecule has 2 heterocycles. The van der Waals surface area contributed by atoms with Crippen LogP contribution in [0.25, 0.3) is 0 Å². The number of ketones is 1. The van der Waals surface area contributed by atoms with Gasteiger partial charge in [0.05, 0.1) is 46.1 Å². The summed E-state index contributed by atoms with van der Waals surface area (Å²) < 4.78 is 15.3. The standard InChI is InChI=1S/C22H36N4O6.C8H10O.C2H6.CH4/c1-15(24-20(28)13-26-7-9-31-10-8-26)22(30)23-12-19(27)25-17(21(29)18-14-32-18)11-16-5-3-2-4-6-16;1-7-3-5-8(9-2)6-4-7;1-2;/h15-18H,2-14H2,1H3,(H,23,30)(H,24,28)(H,25,27);3-6H,1-2H3;1-2H3;1H4. The molecule has 0 radical (unpaired) electrons. The van der Waals surface area contributed by atoms with Crippen molar-refractivity contribution in [1.82, 2.24) is 20.9 Å². The van der Waals surface area contributed by atoms with Gasteiger partial charge in [-0.15, -0.1) is 0 Å². The zero-order valence-electron chi connectivity index (χ0n) is 26.6. The summed E-state index contributed by atoms with van der Waals surface area (Å²) >= 11 is 0. The van der Waals surface area contributed by atoms with Crippen LogP contribution in [0.2, 0.25) is 0 Å². The van der Waals surface area contributed by atoms with E-state index in [-0.39, 0.29) is 32.2 Å². The summed E-state index contributed by atoms with van der Waals surface area (Å²) in [5, 5.41) is 7.98. The number of ether oxygens (including phenoxy) is 3. The van der Waals surface area contributed by atoms with Gasteiger partial charge in [0.2, 0.25) is 17.7 Å². The number of morpholine rings is 1. The number of amides is 3. The average Bonchev–Trinajstić information content (AvgIpc) is 3.88. The fraction of sp³-hybridized carbons (Fsp3) is 0.697. The van der Waals surface area contributed by atoms with E-state index in [4.69, 9.17) is 14.2 Å². The molecule has 11 nitrogen and oxygen atoms in total. The molecule has 3 atom stereocenters. The van der Waals surface area contributed by atoms with Crippen molar-refractivity contribution in [3.05, 3.63) is 29.8 Å². The van der Waals surface area contributed by atoms with Crippen LogP contribution in [-0.2, 0) is 28.7 Å². The van der Waals surface area contributed by atoms with Crippen molar-refractivity contribution in [2.75, 3.05) is 53.1 Å². The van der Waals surface area contributed by atoms with Crippen molar-refractivity contribution in [2.45, 2.75) is 91.8 Å². The van der Waals surface area contributed by atoms with Crippen molar-refractivity contribution in [2.24, 2.45) is 5.92 Å². The number of rotatable bonds is 12. The lowest BCUT2D eigenvalue weighted by molar-refractivity contribution is -0.131. The number of Topliss-reactive ketones (excluding diaryl/α,β-unsaturated/α-hetero) is 1. The predicted molar refractivity (Wildman–Crippen MR) is 172 cm³/mol. The normalized spacial score (nSPS) is 19.2. The second-order valence-corrected chi connectivity index (χ2v) is 11.0. The van der Waals surface area contributed by atoms with E-state index in [2.05, 4.69) is 22.9 Å². The van der Waals surface area contributed by atoms with Gasteiger partial charge in [-0.1, -0.05) is 71.1 Å². The molecule has 0 bridgehead atoms. The Morgan fingerprint density at radius 2 is 1.59 bits per heavy atom. The van der Waals surface area contributed by atoms with Crippen LogP contribution in [0.1, 0.15) is 72.3 Å². The number of nitrogens with zero attached hydrogens (tertiary/aromatic N) is 1. The van der Waals surface area contributed by atoms with Crippen LogP contribution < -0.4 is 20.7 Å². The molecule has 2 saturated heterocycles. The van der Waals surface area contributed by atoms with E-state index in [0.29, 0.717) is 45.2 Å². The van der Waals surface area contributed by atoms with Gasteiger partial charge < -0.3 is 30.2 Å². The van der Waals surface area contributed by atoms with Gasteiger partial charge in [0.1, 0.15) is 17.9 Å². The highest BCUT2D eigenvalue weighted by molar-refractivity contribution is 5.95. The zero-order chi connectivity index (χ0) is 31.6. The average molecular weight is 621 g/mol. The van der Waals surface area contributed by atoms with Crippen molar-refractivity contribution < 1.29 is 33.4 Å². The number of hydrogen-bond acceptors (Lipinski definition) is 8. The second kappa shape index (κ2) is 21.6. The number of methoxy groups -OCH3 is 1. The summed E-state index contributed by atoms with van der Waals surface area (Å²) in [5.74, 6) is 0.144. The number of benzene rings is 1. The molecule has 3 fully saturated rings. The van der Waals surface area contributed by atoms with Crippen LogP contribution in [0.15, 0.2) is 24.3 Å². The molecule has 0 aromatic heterocycles. The van der Waals surface area contributed by atoms with Crippen molar-refractivity contribution in [3.63, 3.8) is 0 Å². The molecule has 3 aliphatic rings. The molecule has 3 N–H and O–H groups in total. The lowest BCUT2D eigenvalue weighted by Crippen LogP contribution is -2.52. The largest absolute Gasteiger partial charge is 0.497 e. The fourth-order valence-corrected chi connectivity index (χ4v) is 4.99. The summed E-state index contributed by atoms with van der Waals surface area (Å²) in [7, 11) is 1.67. The van der Waals surface area contributed by atoms with Gasteiger partial charge in [-0.2, -0.15) is 0 Å². The predicted octanol–water partition coefficient (Wildman–Crippen LogP) is 3.03. The number of aryl methyl sites for hydroxylation is 1. The highest BCUT2D eigenvalue weighted by atomic mass is 16.6. The first-order chi connectivity index (χ1) is 20.7. The second-order valence-electron chi connectivity index (χ2n) is 11.0. The molecule has 3 amide bonds. The SMILES string of the molecule is C.CC.CC(NC(=O)CN1CCOCC1)C(=O)NCC(=O)NC(CC1CCCCC1)C(=O)C1CO1.COc1ccc(C)cc1. The molecular formula is C33H56N4O7. The van der Waals surface area contributed by atoms with E-state index in [1.807, 2.05) is 43.0 Å². The minimum absolute atomic E-state index is 0. The van der Waals surface area contributed by atoms with Gasteiger partial charge in [0.25, 0.3) is 0 Å². The van der Waals surface area contributed by atoms with E-state index < -0.39 is 30.0 Å². The molecule has 2 aliphatic heterocycles. The number of nitrogens with one attached hydrogen (secondary N) is 3. The molecule has 1 aromatic rings. The molecule has 0 spiro atoms. The van der Waals surface area contributed by atoms with E-state index in [0.717, 1.165) is 31.4 Å². The van der Waals surface area contributed by atoms with Crippen LogP contribution in [-0.4, -0.2) is 99.7 Å². The van der Waals surface area contributed by atoms with Crippen LogP contribution in [0.5, 0.6) is 5.75 Å². The third-order valence-corrected chi connectivity index (χ3v) is 7.54. The Hall–Kier alpha value is -3.02. The zero-order valence-corrected chi connectivity index (χ0v) is 26.6. The number of epoxide rings is 1. The maximum Gasteiger partial charge on any atom is 0.242 e. The van der Waals surface area contributed by atoms with Crippen LogP contribution in [0.4, 0.5) is 0 Å². The third kappa shape index (κ3) is 15.1. The number of hydrogen-bond donors (Lipinski definition) is 3. The highest BCUT2D eigenvalue weighted by Gasteiger charge is 2.38. The number of carbonyl (C=O) groups excluding carboxylic acids is 4. The fourth-order valence-electron chi connectivity index (χ4n) is 4.99. The summed E-state index contributed by atoms with van der Waals surface area (Å²) in [6.07, 6.45) is 5.88. The molecule has 1 aliphatic carbocycles. The Bertz CT molecular complexity index is 988. The number of carbonyl (C=O) groups is 4. The molecule has 3 unspecified atom stereocenters. The molecule has 1 aromatic carbocycles. The quantitative estimate of drug-likeness (QED) is 0.303. The summed E-state index contributed by atoms with van der Waals surface area (Å²) in [6.45, 7) is 10.5. The van der Waals surface area contributed by atoms with Gasteiger partial charge in [-0.05, 0) is 38.3 Å². The van der Waals surface area contributed by atoms with Crippen molar-refractivity contribution >= 4 is 23.5 Å². The molecular weight excluding hydrogens is 564 g/mol. The summed E-state index contributed by atoms with van der Waals surface area (Å²) in [4.78, 5) is 51.4.